The summed E-state index contributed by atoms with van der Waals surface area (Å²) in [6, 6.07) is 7.44. The summed E-state index contributed by atoms with van der Waals surface area (Å²) < 4.78 is 6.00. The van der Waals surface area contributed by atoms with Crippen molar-refractivity contribution in [1.29, 1.82) is 0 Å². The number of allylic oxidation sites excluding steroid dienone is 2. The monoisotopic (exact) mass is 355 g/mol. The normalized spacial score (nSPS) is 21.4. The Morgan fingerprint density at radius 3 is 2.64 bits per heavy atom. The number of Topliss-reactive ketones (excluding diaryl/α,β-unsaturated/α-hetero) is 1. The van der Waals surface area contributed by atoms with E-state index < -0.39 is 0 Å². The van der Waals surface area contributed by atoms with E-state index in [4.69, 9.17) is 22.1 Å². The molecule has 1 aromatic heterocycles. The number of hydrogen-bond acceptors (Lipinski definition) is 5. The van der Waals surface area contributed by atoms with Crippen LogP contribution in [0.4, 0.5) is 5.82 Å². The molecule has 1 aliphatic heterocycles. The van der Waals surface area contributed by atoms with E-state index in [1.807, 2.05) is 24.3 Å². The molecule has 128 valence electrons. The zero-order valence-electron chi connectivity index (χ0n) is 14.0. The maximum atomic E-state index is 13.0. The fourth-order valence-corrected chi connectivity index (χ4v) is 3.81. The van der Waals surface area contributed by atoms with Gasteiger partial charge in [-0.1, -0.05) is 37.6 Å². The molecule has 4 rings (SSSR count). The van der Waals surface area contributed by atoms with Crippen molar-refractivity contribution in [3.63, 3.8) is 0 Å². The summed E-state index contributed by atoms with van der Waals surface area (Å²) in [4.78, 5) is 21.3. The zero-order valence-corrected chi connectivity index (χ0v) is 14.8. The molecular weight excluding hydrogens is 338 g/mol. The Labute approximate surface area is 150 Å². The molecule has 25 heavy (non-hydrogen) atoms. The largest absolute Gasteiger partial charge is 0.442 e. The molecule has 0 spiro atoms. The van der Waals surface area contributed by atoms with E-state index in [1.54, 1.807) is 0 Å². The molecule has 2 aliphatic rings. The van der Waals surface area contributed by atoms with Crippen LogP contribution in [0.5, 0.6) is 5.88 Å². The third kappa shape index (κ3) is 2.68. The van der Waals surface area contributed by atoms with Gasteiger partial charge >= 0.3 is 0 Å². The van der Waals surface area contributed by atoms with Gasteiger partial charge in [0, 0.05) is 29.4 Å². The van der Waals surface area contributed by atoms with E-state index in [2.05, 4.69) is 23.8 Å². The first-order valence-corrected chi connectivity index (χ1v) is 8.53. The number of halogens is 1. The van der Waals surface area contributed by atoms with E-state index in [0.29, 0.717) is 46.5 Å². The van der Waals surface area contributed by atoms with Crippen molar-refractivity contribution in [2.45, 2.75) is 32.6 Å². The zero-order chi connectivity index (χ0) is 17.8. The third-order valence-electron chi connectivity index (χ3n) is 4.76. The van der Waals surface area contributed by atoms with E-state index >= 15 is 0 Å². The van der Waals surface area contributed by atoms with Gasteiger partial charge in [0.1, 0.15) is 17.9 Å². The lowest BCUT2D eigenvalue weighted by atomic mass is 9.70. The Morgan fingerprint density at radius 2 is 1.92 bits per heavy atom. The van der Waals surface area contributed by atoms with Crippen LogP contribution in [0.2, 0.25) is 5.02 Å². The van der Waals surface area contributed by atoms with Crippen molar-refractivity contribution in [3.8, 4) is 5.88 Å². The number of nitrogen functional groups attached to an aromatic ring is 1. The van der Waals surface area contributed by atoms with Crippen molar-refractivity contribution >= 4 is 23.2 Å². The van der Waals surface area contributed by atoms with Crippen LogP contribution in [-0.4, -0.2) is 15.8 Å². The molecule has 0 saturated carbocycles. The minimum Gasteiger partial charge on any atom is -0.442 e. The van der Waals surface area contributed by atoms with E-state index in [9.17, 15) is 4.79 Å². The highest BCUT2D eigenvalue weighted by Crippen LogP contribution is 2.50. The summed E-state index contributed by atoms with van der Waals surface area (Å²) in [5, 5.41) is 0.638. The highest BCUT2D eigenvalue weighted by molar-refractivity contribution is 6.30. The summed E-state index contributed by atoms with van der Waals surface area (Å²) >= 11 is 6.03. The van der Waals surface area contributed by atoms with Crippen LogP contribution >= 0.6 is 11.6 Å². The minimum absolute atomic E-state index is 0.0834. The highest BCUT2D eigenvalue weighted by Gasteiger charge is 2.43. The SMILES string of the molecule is CC1(C)CC(=O)C2=C(C1)Oc1ncnc(N)c1C2c1ccc(Cl)cc1. The van der Waals surface area contributed by atoms with Crippen LogP contribution in [0.25, 0.3) is 0 Å². The van der Waals surface area contributed by atoms with Gasteiger partial charge in [-0.15, -0.1) is 0 Å². The number of ketones is 1. The summed E-state index contributed by atoms with van der Waals surface area (Å²) in [5.74, 6) is 1.19. The fourth-order valence-electron chi connectivity index (χ4n) is 3.69. The molecule has 1 aromatic carbocycles. The third-order valence-corrected chi connectivity index (χ3v) is 5.01. The number of hydrogen-bond donors (Lipinski definition) is 1. The van der Waals surface area contributed by atoms with Crippen molar-refractivity contribution < 1.29 is 9.53 Å². The quantitative estimate of drug-likeness (QED) is 0.839. The first kappa shape index (κ1) is 16.1. The standard InChI is InChI=1S/C19H18ClN3O2/c1-19(2)7-12(24)15-13(8-19)25-18-16(17(21)22-9-23-18)14(15)10-3-5-11(20)6-4-10/h3-6,9,14H,7-8H2,1-2H3,(H2,21,22,23). The molecule has 0 amide bonds. The highest BCUT2D eigenvalue weighted by atomic mass is 35.5. The Hall–Kier alpha value is -2.40. The molecule has 1 aliphatic carbocycles. The van der Waals surface area contributed by atoms with Crippen LogP contribution in [0, 0.1) is 5.41 Å². The number of nitrogens with two attached hydrogens (primary N) is 1. The van der Waals surface area contributed by atoms with Gasteiger partial charge < -0.3 is 10.5 Å². The lowest BCUT2D eigenvalue weighted by molar-refractivity contribution is -0.118. The van der Waals surface area contributed by atoms with Crippen LogP contribution in [0.15, 0.2) is 41.9 Å². The minimum atomic E-state index is -0.333. The second kappa shape index (κ2) is 5.56. The molecule has 0 bridgehead atoms. The van der Waals surface area contributed by atoms with Gasteiger partial charge in [0.15, 0.2) is 5.78 Å². The lowest BCUT2D eigenvalue weighted by Crippen LogP contribution is -2.33. The number of nitrogens with zero attached hydrogens (tertiary/aromatic N) is 2. The first-order valence-electron chi connectivity index (χ1n) is 8.16. The van der Waals surface area contributed by atoms with Crippen molar-refractivity contribution in [3.05, 3.63) is 58.1 Å². The second-order valence-corrected chi connectivity index (χ2v) is 7.78. The van der Waals surface area contributed by atoms with Gasteiger partial charge in [-0.05, 0) is 23.1 Å². The predicted octanol–water partition coefficient (Wildman–Crippen LogP) is 3.88. The van der Waals surface area contributed by atoms with Crippen molar-refractivity contribution in [2.75, 3.05) is 5.73 Å². The smallest absolute Gasteiger partial charge is 0.228 e. The number of aromatic nitrogens is 2. The molecule has 5 nitrogen and oxygen atoms in total. The average Bonchev–Trinajstić information content (AvgIpc) is 2.53. The summed E-state index contributed by atoms with van der Waals surface area (Å²) in [7, 11) is 0. The number of rotatable bonds is 1. The molecule has 6 heteroatoms. The van der Waals surface area contributed by atoms with Crippen molar-refractivity contribution in [2.24, 2.45) is 5.41 Å². The molecule has 2 aromatic rings. The lowest BCUT2D eigenvalue weighted by Gasteiger charge is -2.37. The van der Waals surface area contributed by atoms with Crippen LogP contribution in [0.1, 0.15) is 43.7 Å². The molecule has 1 atom stereocenters. The summed E-state index contributed by atoms with van der Waals surface area (Å²) in [6.45, 7) is 4.14. The van der Waals surface area contributed by atoms with Gasteiger partial charge in [0.05, 0.1) is 5.56 Å². The Bertz CT molecular complexity index is 903. The number of carbonyl (C=O) groups excluding carboxylic acids is 1. The Balaban J connectivity index is 1.95. The fraction of sp³-hybridized carbons (Fsp3) is 0.316. The van der Waals surface area contributed by atoms with Gasteiger partial charge in [0.25, 0.3) is 0 Å². The van der Waals surface area contributed by atoms with Crippen LogP contribution in [-0.2, 0) is 4.79 Å². The van der Waals surface area contributed by atoms with Gasteiger partial charge in [-0.25, -0.2) is 9.97 Å². The Morgan fingerprint density at radius 1 is 1.20 bits per heavy atom. The van der Waals surface area contributed by atoms with E-state index in [-0.39, 0.29) is 17.1 Å². The maximum absolute atomic E-state index is 13.0. The van der Waals surface area contributed by atoms with E-state index in [1.165, 1.54) is 6.33 Å². The summed E-state index contributed by atoms with van der Waals surface area (Å²) in [5.41, 5.74) is 8.23. The maximum Gasteiger partial charge on any atom is 0.228 e. The number of anilines is 1. The van der Waals surface area contributed by atoms with Crippen LogP contribution < -0.4 is 10.5 Å². The van der Waals surface area contributed by atoms with Gasteiger partial charge in [-0.3, -0.25) is 4.79 Å². The number of carbonyl (C=O) groups is 1. The molecule has 1 unspecified atom stereocenters. The van der Waals surface area contributed by atoms with Crippen LogP contribution in [0.3, 0.4) is 0 Å². The molecule has 2 N–H and O–H groups in total. The molecule has 0 radical (unpaired) electrons. The van der Waals surface area contributed by atoms with Crippen molar-refractivity contribution in [1.82, 2.24) is 9.97 Å². The average molecular weight is 356 g/mol. The summed E-state index contributed by atoms with van der Waals surface area (Å²) in [6.07, 6.45) is 2.54. The second-order valence-electron chi connectivity index (χ2n) is 7.34. The molecular formula is C19H18ClN3O2. The number of benzene rings is 1. The first-order chi connectivity index (χ1) is 11.9. The van der Waals surface area contributed by atoms with Gasteiger partial charge in [0.2, 0.25) is 5.88 Å². The van der Waals surface area contributed by atoms with Gasteiger partial charge in [-0.2, -0.15) is 0 Å². The Kier molecular flexibility index (Phi) is 3.58. The van der Waals surface area contributed by atoms with E-state index in [0.717, 1.165) is 5.56 Å². The topological polar surface area (TPSA) is 78.1 Å². The molecule has 0 fully saturated rings. The number of fused-ring (bicyclic) bond motifs is 1. The predicted molar refractivity (Wildman–Crippen MR) is 95.4 cm³/mol. The molecule has 2 heterocycles. The molecule has 0 saturated heterocycles. The number of ether oxygens (including phenoxy) is 1.